The van der Waals surface area contributed by atoms with Crippen molar-refractivity contribution < 1.29 is 15.0 Å². The quantitative estimate of drug-likeness (QED) is 0.755. The number of hydrogen-bond acceptors (Lipinski definition) is 4. The van der Waals surface area contributed by atoms with E-state index >= 15 is 0 Å². The zero-order valence-corrected chi connectivity index (χ0v) is 12.1. The molecule has 0 atom stereocenters. The lowest BCUT2D eigenvalue weighted by atomic mass is 10.1. The second kappa shape index (κ2) is 5.80. The minimum absolute atomic E-state index is 0.160. The van der Waals surface area contributed by atoms with Gasteiger partial charge in [-0.25, -0.2) is 0 Å². The molecule has 0 unspecified atom stereocenters. The lowest BCUT2D eigenvalue weighted by Crippen LogP contribution is -2.28. The minimum atomic E-state index is -0.398. The van der Waals surface area contributed by atoms with Crippen molar-refractivity contribution >= 4 is 28.8 Å². The first-order valence-electron chi connectivity index (χ1n) is 6.10. The molecule has 4 N–H and O–H groups in total. The lowest BCUT2D eigenvalue weighted by molar-refractivity contribution is 0.0992. The van der Waals surface area contributed by atoms with Gasteiger partial charge in [0.15, 0.2) is 0 Å². The molecule has 5 nitrogen and oxygen atoms in total. The molecular formula is C15H14N2O3S. The number of carbonyl (C=O) groups is 1. The van der Waals surface area contributed by atoms with E-state index in [1.165, 1.54) is 17.0 Å². The summed E-state index contributed by atoms with van der Waals surface area (Å²) in [5.74, 6) is -0.770. The summed E-state index contributed by atoms with van der Waals surface area (Å²) in [6.45, 7) is 0. The highest BCUT2D eigenvalue weighted by atomic mass is 32.1. The Labute approximate surface area is 127 Å². The molecule has 0 saturated heterocycles. The summed E-state index contributed by atoms with van der Waals surface area (Å²) in [6.07, 6.45) is 0. The largest absolute Gasteiger partial charge is 0.508 e. The van der Waals surface area contributed by atoms with Crippen molar-refractivity contribution in [2.75, 3.05) is 11.9 Å². The molecule has 1 amide bonds. The van der Waals surface area contributed by atoms with Crippen LogP contribution in [0.1, 0.15) is 15.9 Å². The molecule has 21 heavy (non-hydrogen) atoms. The summed E-state index contributed by atoms with van der Waals surface area (Å²) in [5.41, 5.74) is 6.94. The van der Waals surface area contributed by atoms with Crippen LogP contribution in [0.4, 0.5) is 5.69 Å². The molecule has 0 fully saturated rings. The SMILES string of the molecule is CN(C(=O)c1cc(O)cc(O)c1)c1ccccc1C(N)=S. The summed E-state index contributed by atoms with van der Waals surface area (Å²) in [6, 6.07) is 10.7. The number of hydrogen-bond donors (Lipinski definition) is 3. The number of phenolic OH excluding ortho intramolecular Hbond substituents is 2. The zero-order valence-electron chi connectivity index (χ0n) is 11.3. The van der Waals surface area contributed by atoms with Gasteiger partial charge >= 0.3 is 0 Å². The maximum Gasteiger partial charge on any atom is 0.258 e. The average molecular weight is 302 g/mol. The third kappa shape index (κ3) is 3.11. The number of thiocarbonyl (C=S) groups is 1. The van der Waals surface area contributed by atoms with Crippen molar-refractivity contribution in [3.63, 3.8) is 0 Å². The van der Waals surface area contributed by atoms with Crippen LogP contribution in [0.15, 0.2) is 42.5 Å². The van der Waals surface area contributed by atoms with E-state index in [1.54, 1.807) is 31.3 Å². The van der Waals surface area contributed by atoms with Crippen LogP contribution in [0.2, 0.25) is 0 Å². The van der Waals surface area contributed by atoms with Gasteiger partial charge in [-0.15, -0.1) is 0 Å². The Morgan fingerprint density at radius 2 is 1.71 bits per heavy atom. The Morgan fingerprint density at radius 1 is 1.14 bits per heavy atom. The van der Waals surface area contributed by atoms with Gasteiger partial charge in [-0.05, 0) is 24.3 Å². The van der Waals surface area contributed by atoms with Gasteiger partial charge in [0, 0.05) is 24.2 Å². The predicted molar refractivity (Wildman–Crippen MR) is 84.8 cm³/mol. The molecule has 6 heteroatoms. The van der Waals surface area contributed by atoms with Gasteiger partial charge in [-0.3, -0.25) is 4.79 Å². The fourth-order valence-electron chi connectivity index (χ4n) is 2.00. The van der Waals surface area contributed by atoms with E-state index < -0.39 is 5.91 Å². The Kier molecular flexibility index (Phi) is 4.09. The Hall–Kier alpha value is -2.60. The summed E-state index contributed by atoms with van der Waals surface area (Å²) in [7, 11) is 1.57. The van der Waals surface area contributed by atoms with Crippen LogP contribution in [-0.2, 0) is 0 Å². The number of rotatable bonds is 3. The van der Waals surface area contributed by atoms with Gasteiger partial charge in [-0.1, -0.05) is 24.4 Å². The third-order valence-electron chi connectivity index (χ3n) is 2.98. The van der Waals surface area contributed by atoms with Gasteiger partial charge in [0.05, 0.1) is 5.69 Å². The summed E-state index contributed by atoms with van der Waals surface area (Å²) in [5, 5.41) is 18.9. The predicted octanol–water partition coefficient (Wildman–Crippen LogP) is 2.01. The highest BCUT2D eigenvalue weighted by Gasteiger charge is 2.18. The maximum absolute atomic E-state index is 12.4. The fourth-order valence-corrected chi connectivity index (χ4v) is 2.17. The van der Waals surface area contributed by atoms with Crippen LogP contribution in [0, 0.1) is 0 Å². The summed E-state index contributed by atoms with van der Waals surface area (Å²) >= 11 is 4.97. The molecule has 2 rings (SSSR count). The van der Waals surface area contributed by atoms with Crippen LogP contribution >= 0.6 is 12.2 Å². The van der Waals surface area contributed by atoms with E-state index in [9.17, 15) is 15.0 Å². The molecular weight excluding hydrogens is 288 g/mol. The van der Waals surface area contributed by atoms with Crippen molar-refractivity contribution in [1.29, 1.82) is 0 Å². The van der Waals surface area contributed by atoms with E-state index in [1.807, 2.05) is 0 Å². The van der Waals surface area contributed by atoms with E-state index in [2.05, 4.69) is 0 Å². The number of amides is 1. The normalized spacial score (nSPS) is 10.1. The van der Waals surface area contributed by atoms with Gasteiger partial charge in [-0.2, -0.15) is 0 Å². The Morgan fingerprint density at radius 3 is 2.29 bits per heavy atom. The second-order valence-electron chi connectivity index (χ2n) is 4.48. The first-order valence-corrected chi connectivity index (χ1v) is 6.51. The summed E-state index contributed by atoms with van der Waals surface area (Å²) < 4.78 is 0. The molecule has 2 aromatic rings. The molecule has 0 heterocycles. The van der Waals surface area contributed by atoms with Crippen LogP contribution in [0.25, 0.3) is 0 Å². The standard InChI is InChI=1S/C15H14N2O3S/c1-17(13-5-3-2-4-12(13)14(16)21)15(20)9-6-10(18)8-11(19)7-9/h2-8,18-19H,1H3,(H2,16,21). The number of para-hydroxylation sites is 1. The number of anilines is 1. The van der Waals surface area contributed by atoms with Gasteiger partial charge in [0.25, 0.3) is 5.91 Å². The molecule has 2 aromatic carbocycles. The van der Waals surface area contributed by atoms with Crippen LogP contribution in [0.3, 0.4) is 0 Å². The first kappa shape index (κ1) is 14.8. The molecule has 0 radical (unpaired) electrons. The maximum atomic E-state index is 12.4. The number of phenols is 2. The van der Waals surface area contributed by atoms with E-state index in [-0.39, 0.29) is 22.1 Å². The van der Waals surface area contributed by atoms with Crippen molar-refractivity contribution in [2.24, 2.45) is 5.73 Å². The highest BCUT2D eigenvalue weighted by Crippen LogP contribution is 2.25. The average Bonchev–Trinajstić information content (AvgIpc) is 2.44. The van der Waals surface area contributed by atoms with Crippen molar-refractivity contribution in [2.45, 2.75) is 0 Å². The number of carbonyl (C=O) groups excluding carboxylic acids is 1. The number of nitrogens with zero attached hydrogens (tertiary/aromatic N) is 1. The lowest BCUT2D eigenvalue weighted by Gasteiger charge is -2.20. The molecule has 0 spiro atoms. The zero-order chi connectivity index (χ0) is 15.6. The molecule has 0 aromatic heterocycles. The van der Waals surface area contributed by atoms with Gasteiger partial charge in [0.2, 0.25) is 0 Å². The number of nitrogens with two attached hydrogens (primary N) is 1. The minimum Gasteiger partial charge on any atom is -0.508 e. The van der Waals surface area contributed by atoms with Crippen LogP contribution < -0.4 is 10.6 Å². The van der Waals surface area contributed by atoms with Crippen molar-refractivity contribution in [1.82, 2.24) is 0 Å². The Bertz CT molecular complexity index is 696. The van der Waals surface area contributed by atoms with Gasteiger partial charge < -0.3 is 20.8 Å². The molecule has 108 valence electrons. The first-order chi connectivity index (χ1) is 9.90. The van der Waals surface area contributed by atoms with Crippen molar-refractivity contribution in [3.8, 4) is 11.5 Å². The monoisotopic (exact) mass is 302 g/mol. The van der Waals surface area contributed by atoms with E-state index in [4.69, 9.17) is 18.0 Å². The highest BCUT2D eigenvalue weighted by molar-refractivity contribution is 7.80. The van der Waals surface area contributed by atoms with Crippen LogP contribution in [0.5, 0.6) is 11.5 Å². The summed E-state index contributed by atoms with van der Waals surface area (Å²) in [4.78, 5) is 14.0. The third-order valence-corrected chi connectivity index (χ3v) is 3.20. The van der Waals surface area contributed by atoms with E-state index in [0.717, 1.165) is 6.07 Å². The molecule has 0 aliphatic carbocycles. The van der Waals surface area contributed by atoms with Crippen molar-refractivity contribution in [3.05, 3.63) is 53.6 Å². The smallest absolute Gasteiger partial charge is 0.258 e. The molecule has 0 bridgehead atoms. The van der Waals surface area contributed by atoms with E-state index in [0.29, 0.717) is 11.3 Å². The topological polar surface area (TPSA) is 86.8 Å². The molecule has 0 aliphatic heterocycles. The number of benzene rings is 2. The number of aromatic hydroxyl groups is 2. The van der Waals surface area contributed by atoms with Crippen LogP contribution in [-0.4, -0.2) is 28.2 Å². The second-order valence-corrected chi connectivity index (χ2v) is 4.92. The van der Waals surface area contributed by atoms with Gasteiger partial charge in [0.1, 0.15) is 16.5 Å². The fraction of sp³-hybridized carbons (Fsp3) is 0.0667. The molecule has 0 saturated carbocycles. The Balaban J connectivity index is 2.42. The molecule has 0 aliphatic rings.